The topological polar surface area (TPSA) is 9.23 Å². The Hall–Kier alpha value is -0.834. The Morgan fingerprint density at radius 2 is 1.00 bits per heavy atom. The molecule has 18 heavy (non-hydrogen) atoms. The Balaban J connectivity index is 0. The fraction of sp³-hybridized carbons (Fsp3) is 0.250. The van der Waals surface area contributed by atoms with Crippen molar-refractivity contribution in [3.8, 4) is 0 Å². The molecule has 0 N–H and O–H groups in total. The molecule has 0 aromatic heterocycles. The summed E-state index contributed by atoms with van der Waals surface area (Å²) in [6.45, 7) is 5.67. The summed E-state index contributed by atoms with van der Waals surface area (Å²) in [5.41, 5.74) is 0. The second-order valence-corrected chi connectivity index (χ2v) is 2.94. The molecule has 0 aliphatic carbocycles. The molecule has 2 rings (SSSR count). The maximum Gasteiger partial charge on any atom is 2.00 e. The van der Waals surface area contributed by atoms with E-state index in [1.807, 2.05) is 74.5 Å². The molecule has 0 heterocycles. The van der Waals surface area contributed by atoms with Crippen molar-refractivity contribution in [2.45, 2.75) is 13.8 Å². The van der Waals surface area contributed by atoms with Crippen molar-refractivity contribution in [3.05, 3.63) is 72.8 Å². The Morgan fingerprint density at radius 1 is 0.667 bits per heavy atom. The summed E-state index contributed by atoms with van der Waals surface area (Å²) in [6.07, 6.45) is 0. The molecular weight excluding hydrogens is 232 g/mol. The zero-order valence-electron chi connectivity index (χ0n) is 11.3. The molecule has 0 aliphatic rings. The van der Waals surface area contributed by atoms with Crippen molar-refractivity contribution in [1.82, 2.24) is 0 Å². The first kappa shape index (κ1) is 19.5. The van der Waals surface area contributed by atoms with Crippen LogP contribution in [-0.2, 0) is 4.74 Å². The first-order valence-electron chi connectivity index (χ1n) is 5.81. The van der Waals surface area contributed by atoms with Gasteiger partial charge in [0, 0.05) is 13.2 Å². The summed E-state index contributed by atoms with van der Waals surface area (Å²) in [4.78, 5) is 0. The van der Waals surface area contributed by atoms with Crippen LogP contribution in [0.3, 0.4) is 0 Å². The number of rotatable bonds is 2. The minimum atomic E-state index is 0. The summed E-state index contributed by atoms with van der Waals surface area (Å²) in [7, 11) is 0. The quantitative estimate of drug-likeness (QED) is 0.586. The van der Waals surface area contributed by atoms with Gasteiger partial charge in [0.2, 0.25) is 0 Å². The zero-order chi connectivity index (χ0) is 12.6. The summed E-state index contributed by atoms with van der Waals surface area (Å²) < 4.78 is 4.83. The molecular formula is C16H20MgO. The summed E-state index contributed by atoms with van der Waals surface area (Å²) >= 11 is 0. The molecule has 0 unspecified atom stereocenters. The number of benzene rings is 2. The molecule has 0 amide bonds. The fourth-order valence-corrected chi connectivity index (χ4v) is 0.888. The molecule has 2 aromatic carbocycles. The van der Waals surface area contributed by atoms with Gasteiger partial charge >= 0.3 is 23.1 Å². The average Bonchev–Trinajstić information content (AvgIpc) is 2.45. The van der Waals surface area contributed by atoms with Gasteiger partial charge in [-0.1, -0.05) is 0 Å². The van der Waals surface area contributed by atoms with Gasteiger partial charge in [-0.2, -0.15) is 72.8 Å². The Kier molecular flexibility index (Phi) is 20.1. The Morgan fingerprint density at radius 3 is 1.06 bits per heavy atom. The smallest absolute Gasteiger partial charge is 0.382 e. The molecule has 0 saturated heterocycles. The van der Waals surface area contributed by atoms with E-state index < -0.39 is 0 Å². The van der Waals surface area contributed by atoms with E-state index in [1.165, 1.54) is 0 Å². The first-order valence-corrected chi connectivity index (χ1v) is 5.81. The summed E-state index contributed by atoms with van der Waals surface area (Å²) in [6, 6.07) is 25.0. The third-order valence-corrected chi connectivity index (χ3v) is 1.62. The molecule has 0 atom stereocenters. The van der Waals surface area contributed by atoms with Crippen LogP contribution in [0.5, 0.6) is 0 Å². The minimum Gasteiger partial charge on any atom is -0.382 e. The average molecular weight is 253 g/mol. The maximum absolute atomic E-state index is 4.83. The molecule has 0 radical (unpaired) electrons. The predicted octanol–water partition coefficient (Wildman–Crippen LogP) is 3.64. The van der Waals surface area contributed by atoms with E-state index in [2.05, 4.69) is 12.1 Å². The molecule has 2 aromatic rings. The molecule has 0 bridgehead atoms. The zero-order valence-corrected chi connectivity index (χ0v) is 12.7. The molecule has 92 valence electrons. The molecule has 0 saturated carbocycles. The predicted molar refractivity (Wildman–Crippen MR) is 78.5 cm³/mol. The molecule has 2 heteroatoms. The largest absolute Gasteiger partial charge is 2.00 e. The van der Waals surface area contributed by atoms with E-state index in [0.29, 0.717) is 0 Å². The summed E-state index contributed by atoms with van der Waals surface area (Å²) in [5, 5.41) is 0. The first-order chi connectivity index (χ1) is 8.41. The van der Waals surface area contributed by atoms with Crippen LogP contribution < -0.4 is 0 Å². The maximum atomic E-state index is 4.83. The van der Waals surface area contributed by atoms with Gasteiger partial charge in [-0.3, -0.25) is 0 Å². The third kappa shape index (κ3) is 17.6. The van der Waals surface area contributed by atoms with Gasteiger partial charge in [-0.05, 0) is 13.8 Å². The van der Waals surface area contributed by atoms with E-state index in [-0.39, 0.29) is 23.1 Å². The molecule has 0 fully saturated rings. The van der Waals surface area contributed by atoms with Crippen LogP contribution >= 0.6 is 0 Å². The van der Waals surface area contributed by atoms with E-state index >= 15 is 0 Å². The van der Waals surface area contributed by atoms with Crippen molar-refractivity contribution < 1.29 is 4.74 Å². The van der Waals surface area contributed by atoms with Crippen molar-refractivity contribution in [2.24, 2.45) is 0 Å². The second-order valence-electron chi connectivity index (χ2n) is 2.94. The van der Waals surface area contributed by atoms with E-state index in [4.69, 9.17) is 4.74 Å². The number of hydrogen-bond donors (Lipinski definition) is 0. The van der Waals surface area contributed by atoms with Crippen molar-refractivity contribution >= 4 is 23.1 Å². The second kappa shape index (κ2) is 18.5. The van der Waals surface area contributed by atoms with Crippen molar-refractivity contribution in [2.75, 3.05) is 13.2 Å². The van der Waals surface area contributed by atoms with E-state index in [1.54, 1.807) is 0 Å². The van der Waals surface area contributed by atoms with Crippen LogP contribution in [0, 0.1) is 12.1 Å². The Labute approximate surface area is 127 Å². The van der Waals surface area contributed by atoms with Crippen molar-refractivity contribution in [1.29, 1.82) is 0 Å². The number of hydrogen-bond acceptors (Lipinski definition) is 1. The van der Waals surface area contributed by atoms with Crippen molar-refractivity contribution in [3.63, 3.8) is 0 Å². The molecule has 0 aliphatic heterocycles. The van der Waals surface area contributed by atoms with Crippen LogP contribution in [0.1, 0.15) is 13.8 Å². The van der Waals surface area contributed by atoms with Gasteiger partial charge in [0.25, 0.3) is 0 Å². The van der Waals surface area contributed by atoms with Gasteiger partial charge in [0.15, 0.2) is 0 Å². The summed E-state index contributed by atoms with van der Waals surface area (Å²) in [5.74, 6) is 0. The van der Waals surface area contributed by atoms with E-state index in [0.717, 1.165) is 13.2 Å². The fourth-order valence-electron chi connectivity index (χ4n) is 0.888. The number of ether oxygens (including phenoxy) is 1. The van der Waals surface area contributed by atoms with Crippen LogP contribution in [-0.4, -0.2) is 36.3 Å². The van der Waals surface area contributed by atoms with Crippen LogP contribution in [0.4, 0.5) is 0 Å². The van der Waals surface area contributed by atoms with Gasteiger partial charge in [-0.15, -0.1) is 0 Å². The Bertz CT molecular complexity index is 223. The monoisotopic (exact) mass is 252 g/mol. The minimum absolute atomic E-state index is 0. The van der Waals surface area contributed by atoms with Gasteiger partial charge < -0.3 is 4.74 Å². The molecule has 0 spiro atoms. The van der Waals surface area contributed by atoms with E-state index in [9.17, 15) is 0 Å². The van der Waals surface area contributed by atoms with Gasteiger partial charge in [0.1, 0.15) is 0 Å². The normalized spacial score (nSPS) is 7.67. The molecule has 1 nitrogen and oxygen atoms in total. The van der Waals surface area contributed by atoms with Crippen LogP contribution in [0.2, 0.25) is 0 Å². The van der Waals surface area contributed by atoms with Crippen LogP contribution in [0.15, 0.2) is 60.7 Å². The SMILES string of the molecule is CCOCC.[Mg+2].[c-]1ccccc1.[c-]1ccccc1. The van der Waals surface area contributed by atoms with Gasteiger partial charge in [0.05, 0.1) is 0 Å². The van der Waals surface area contributed by atoms with Gasteiger partial charge in [-0.25, -0.2) is 0 Å². The van der Waals surface area contributed by atoms with Crippen LogP contribution in [0.25, 0.3) is 0 Å². The third-order valence-electron chi connectivity index (χ3n) is 1.62. The standard InChI is InChI=1S/2C6H5.C4H10O.Mg/c2*1-2-4-6-5-3-1;1-3-5-4-2;/h2*1-5H;3-4H2,1-2H3;/q2*-1;;+2.